The highest BCUT2D eigenvalue weighted by Crippen LogP contribution is 2.13. The van der Waals surface area contributed by atoms with Crippen LogP contribution in [0.15, 0.2) is 48.5 Å². The summed E-state index contributed by atoms with van der Waals surface area (Å²) in [4.78, 5) is 23.5. The van der Waals surface area contributed by atoms with Gasteiger partial charge in [-0.3, -0.25) is 9.59 Å². The topological polar surface area (TPSA) is 64.6 Å². The molecule has 0 unspecified atom stereocenters. The lowest BCUT2D eigenvalue weighted by Crippen LogP contribution is -2.30. The second-order valence-corrected chi connectivity index (χ2v) is 6.08. The van der Waals surface area contributed by atoms with Crippen molar-refractivity contribution >= 4 is 23.5 Å². The van der Waals surface area contributed by atoms with E-state index in [1.807, 2.05) is 19.1 Å². The highest BCUT2D eigenvalue weighted by Gasteiger charge is 2.08. The Morgan fingerprint density at radius 1 is 1.00 bits per heavy atom. The predicted octanol–water partition coefficient (Wildman–Crippen LogP) is 3.18. The zero-order valence-corrected chi connectivity index (χ0v) is 15.4. The minimum Gasteiger partial charge on any atom is -0.494 e. The van der Waals surface area contributed by atoms with Crippen molar-refractivity contribution in [1.29, 1.82) is 0 Å². The minimum absolute atomic E-state index is 0.116. The Bertz CT molecular complexity index is 714. The van der Waals surface area contributed by atoms with Crippen molar-refractivity contribution in [3.63, 3.8) is 0 Å². The van der Waals surface area contributed by atoms with E-state index >= 15 is 0 Å². The van der Waals surface area contributed by atoms with E-state index in [-0.39, 0.29) is 18.9 Å². The Hall–Kier alpha value is -2.53. The number of amides is 1. The molecule has 138 valence electrons. The molecule has 0 aliphatic rings. The second kappa shape index (κ2) is 10.5. The Labute approximate surface area is 158 Å². The summed E-state index contributed by atoms with van der Waals surface area (Å²) in [6.07, 6.45) is 0.799. The molecule has 0 aliphatic heterocycles. The molecule has 2 aromatic rings. The second-order valence-electron chi connectivity index (χ2n) is 5.64. The van der Waals surface area contributed by atoms with Gasteiger partial charge in [-0.1, -0.05) is 35.9 Å². The maximum atomic E-state index is 11.8. The summed E-state index contributed by atoms with van der Waals surface area (Å²) in [6, 6.07) is 14.6. The molecular weight excluding hydrogens is 354 g/mol. The number of benzene rings is 2. The fourth-order valence-electron chi connectivity index (χ4n) is 2.28. The highest BCUT2D eigenvalue weighted by atomic mass is 35.5. The van der Waals surface area contributed by atoms with Crippen molar-refractivity contribution in [2.24, 2.45) is 0 Å². The summed E-state index contributed by atoms with van der Waals surface area (Å²) in [5, 5.41) is 3.40. The van der Waals surface area contributed by atoms with Gasteiger partial charge in [-0.15, -0.1) is 0 Å². The van der Waals surface area contributed by atoms with Crippen LogP contribution in [0, 0.1) is 0 Å². The molecule has 0 aromatic heterocycles. The number of rotatable bonds is 9. The van der Waals surface area contributed by atoms with Crippen LogP contribution in [-0.4, -0.2) is 31.6 Å². The number of hydrogen-bond donors (Lipinski definition) is 1. The van der Waals surface area contributed by atoms with Crippen LogP contribution >= 0.6 is 11.6 Å². The van der Waals surface area contributed by atoms with Gasteiger partial charge < -0.3 is 14.8 Å². The van der Waals surface area contributed by atoms with E-state index < -0.39 is 5.97 Å². The predicted molar refractivity (Wildman–Crippen MR) is 100 cm³/mol. The molecule has 0 fully saturated rings. The van der Waals surface area contributed by atoms with Crippen molar-refractivity contribution in [3.8, 4) is 5.75 Å². The van der Waals surface area contributed by atoms with E-state index in [0.717, 1.165) is 16.9 Å². The third kappa shape index (κ3) is 7.15. The Kier molecular flexibility index (Phi) is 7.96. The van der Waals surface area contributed by atoms with E-state index in [1.165, 1.54) is 0 Å². The molecule has 1 amide bonds. The van der Waals surface area contributed by atoms with Crippen LogP contribution in [-0.2, 0) is 27.2 Å². The molecule has 0 aliphatic carbocycles. The number of halogens is 1. The minimum atomic E-state index is -0.443. The lowest BCUT2D eigenvalue weighted by atomic mass is 10.1. The van der Waals surface area contributed by atoms with Gasteiger partial charge in [0.25, 0.3) is 5.91 Å². The maximum absolute atomic E-state index is 11.8. The standard InChI is InChI=1S/C20H22ClNO4/c1-2-25-18-9-5-16(6-10-18)13-20(24)26-14-19(23)22-12-11-15-3-7-17(21)8-4-15/h3-10H,2,11-14H2,1H3,(H,22,23). The first-order chi connectivity index (χ1) is 12.6. The molecule has 0 spiro atoms. The largest absolute Gasteiger partial charge is 0.494 e. The van der Waals surface area contributed by atoms with Gasteiger partial charge in [-0.05, 0) is 48.7 Å². The third-order valence-corrected chi connectivity index (χ3v) is 3.85. The van der Waals surface area contributed by atoms with Gasteiger partial charge >= 0.3 is 5.97 Å². The molecule has 1 N–H and O–H groups in total. The van der Waals surface area contributed by atoms with Crippen LogP contribution in [0.25, 0.3) is 0 Å². The van der Waals surface area contributed by atoms with E-state index in [2.05, 4.69) is 5.32 Å². The van der Waals surface area contributed by atoms with Crippen molar-refractivity contribution in [1.82, 2.24) is 5.32 Å². The molecule has 0 bridgehead atoms. The van der Waals surface area contributed by atoms with Gasteiger partial charge in [0.2, 0.25) is 0 Å². The van der Waals surface area contributed by atoms with Gasteiger partial charge in [0.1, 0.15) is 5.75 Å². The number of carbonyl (C=O) groups is 2. The maximum Gasteiger partial charge on any atom is 0.310 e. The Balaban J connectivity index is 1.64. The first-order valence-corrected chi connectivity index (χ1v) is 8.83. The van der Waals surface area contributed by atoms with Crippen LogP contribution in [0.3, 0.4) is 0 Å². The zero-order chi connectivity index (χ0) is 18.8. The monoisotopic (exact) mass is 375 g/mol. The van der Waals surface area contributed by atoms with Crippen LogP contribution < -0.4 is 10.1 Å². The summed E-state index contributed by atoms with van der Waals surface area (Å²) < 4.78 is 10.3. The van der Waals surface area contributed by atoms with Crippen LogP contribution in [0.5, 0.6) is 5.75 Å². The number of hydrogen-bond acceptors (Lipinski definition) is 4. The van der Waals surface area contributed by atoms with Crippen molar-refractivity contribution in [2.45, 2.75) is 19.8 Å². The first-order valence-electron chi connectivity index (χ1n) is 8.45. The van der Waals surface area contributed by atoms with Gasteiger partial charge in [-0.2, -0.15) is 0 Å². The molecule has 0 radical (unpaired) electrons. The molecule has 5 nitrogen and oxygen atoms in total. The number of ether oxygens (including phenoxy) is 2. The molecule has 2 aromatic carbocycles. The number of carbonyl (C=O) groups excluding carboxylic acids is 2. The molecule has 26 heavy (non-hydrogen) atoms. The molecule has 0 heterocycles. The normalized spacial score (nSPS) is 10.2. The SMILES string of the molecule is CCOc1ccc(CC(=O)OCC(=O)NCCc2ccc(Cl)cc2)cc1. The lowest BCUT2D eigenvalue weighted by molar-refractivity contribution is -0.147. The van der Waals surface area contributed by atoms with Gasteiger partial charge in [-0.25, -0.2) is 0 Å². The molecular formula is C20H22ClNO4. The van der Waals surface area contributed by atoms with E-state index in [4.69, 9.17) is 21.1 Å². The fraction of sp³-hybridized carbons (Fsp3) is 0.300. The van der Waals surface area contributed by atoms with E-state index in [1.54, 1.807) is 36.4 Å². The van der Waals surface area contributed by atoms with Gasteiger partial charge in [0.05, 0.1) is 13.0 Å². The van der Waals surface area contributed by atoms with Crippen LogP contribution in [0.2, 0.25) is 5.02 Å². The molecule has 0 atom stereocenters. The average molecular weight is 376 g/mol. The summed E-state index contributed by atoms with van der Waals surface area (Å²) in [7, 11) is 0. The Morgan fingerprint density at radius 3 is 2.31 bits per heavy atom. The van der Waals surface area contributed by atoms with Crippen molar-refractivity contribution < 1.29 is 19.1 Å². The Morgan fingerprint density at radius 2 is 1.65 bits per heavy atom. The third-order valence-electron chi connectivity index (χ3n) is 3.60. The highest BCUT2D eigenvalue weighted by molar-refractivity contribution is 6.30. The lowest BCUT2D eigenvalue weighted by Gasteiger charge is -2.08. The zero-order valence-electron chi connectivity index (χ0n) is 14.7. The number of esters is 1. The van der Waals surface area contributed by atoms with Crippen molar-refractivity contribution in [2.75, 3.05) is 19.8 Å². The van der Waals surface area contributed by atoms with Gasteiger partial charge in [0, 0.05) is 11.6 Å². The van der Waals surface area contributed by atoms with E-state index in [9.17, 15) is 9.59 Å². The van der Waals surface area contributed by atoms with E-state index in [0.29, 0.717) is 24.6 Å². The van der Waals surface area contributed by atoms with Gasteiger partial charge in [0.15, 0.2) is 6.61 Å². The summed E-state index contributed by atoms with van der Waals surface area (Å²) in [6.45, 7) is 2.69. The summed E-state index contributed by atoms with van der Waals surface area (Å²) in [5.74, 6) is -0.00861. The quantitative estimate of drug-likeness (QED) is 0.684. The smallest absolute Gasteiger partial charge is 0.310 e. The fourth-order valence-corrected chi connectivity index (χ4v) is 2.41. The average Bonchev–Trinajstić information content (AvgIpc) is 2.63. The summed E-state index contributed by atoms with van der Waals surface area (Å²) >= 11 is 5.82. The molecule has 2 rings (SSSR count). The molecule has 0 saturated heterocycles. The molecule has 6 heteroatoms. The van der Waals surface area contributed by atoms with Crippen LogP contribution in [0.1, 0.15) is 18.1 Å². The first kappa shape index (κ1) is 19.8. The van der Waals surface area contributed by atoms with Crippen LogP contribution in [0.4, 0.5) is 0 Å². The van der Waals surface area contributed by atoms with Crippen molar-refractivity contribution in [3.05, 3.63) is 64.7 Å². The summed E-state index contributed by atoms with van der Waals surface area (Å²) in [5.41, 5.74) is 1.88. The number of nitrogens with one attached hydrogen (secondary N) is 1. The molecule has 0 saturated carbocycles.